The van der Waals surface area contributed by atoms with Gasteiger partial charge in [-0.25, -0.2) is 9.59 Å². The third kappa shape index (κ3) is 3.82. The number of methoxy groups -OCH3 is 2. The first-order valence-corrected chi connectivity index (χ1v) is 20.8. The monoisotopic (exact) mass is 574 g/mol. The second kappa shape index (κ2) is 11.3. The van der Waals surface area contributed by atoms with Gasteiger partial charge >= 0.3 is 11.9 Å². The minimum atomic E-state index is -2.54. The first kappa shape index (κ1) is 30.3. The molecule has 0 aliphatic heterocycles. The lowest BCUT2D eigenvalue weighted by Crippen LogP contribution is -2.78. The van der Waals surface area contributed by atoms with Crippen LogP contribution < -0.4 is 10.4 Å². The first-order chi connectivity index (χ1) is 19.1. The van der Waals surface area contributed by atoms with E-state index in [0.717, 1.165) is 38.5 Å². The van der Waals surface area contributed by atoms with E-state index < -0.39 is 26.2 Å². The number of benzene rings is 2. The second-order valence-electron chi connectivity index (χ2n) is 12.4. The van der Waals surface area contributed by atoms with Gasteiger partial charge in [0.05, 0.1) is 41.5 Å². The predicted octanol–water partition coefficient (Wildman–Crippen LogP) is 7.05. The Morgan fingerprint density at radius 1 is 0.625 bits per heavy atom. The van der Waals surface area contributed by atoms with E-state index in [2.05, 4.69) is 101 Å². The van der Waals surface area contributed by atoms with Gasteiger partial charge in [0.1, 0.15) is 0 Å². The highest BCUT2D eigenvalue weighted by Gasteiger charge is 2.85. The van der Waals surface area contributed by atoms with Crippen molar-refractivity contribution in [3.8, 4) is 0 Å². The van der Waals surface area contributed by atoms with E-state index in [9.17, 15) is 9.59 Å². The van der Waals surface area contributed by atoms with Crippen LogP contribution in [0.4, 0.5) is 0 Å². The van der Waals surface area contributed by atoms with E-state index in [1.54, 1.807) is 0 Å². The molecule has 4 nitrogen and oxygen atoms in total. The molecular formula is C34H46O4Si2. The molecule has 2 aromatic carbocycles. The molecule has 0 N–H and O–H groups in total. The van der Waals surface area contributed by atoms with Gasteiger partial charge < -0.3 is 9.47 Å². The summed E-state index contributed by atoms with van der Waals surface area (Å²) in [6.45, 7) is 14.1. The highest BCUT2D eigenvalue weighted by Crippen LogP contribution is 2.91. The molecule has 0 radical (unpaired) electrons. The summed E-state index contributed by atoms with van der Waals surface area (Å²) in [5, 5.41) is 1.51. The third-order valence-corrected chi connectivity index (χ3v) is 19.4. The maximum absolute atomic E-state index is 14.0. The number of hydrogen-bond acceptors (Lipinski definition) is 4. The van der Waals surface area contributed by atoms with Crippen LogP contribution in [0.2, 0.25) is 36.3 Å². The van der Waals surface area contributed by atoms with Crippen molar-refractivity contribution in [3.05, 3.63) is 83.0 Å². The SMILES string of the molecule is CCCCC1=C(CCCC)C2([Si](C)(C)c3ccccc3)C(C(=O)OC)=C(C(=O)OC)C12[Si](C)(C)c1ccccc1. The maximum Gasteiger partial charge on any atom is 0.334 e. The van der Waals surface area contributed by atoms with Crippen LogP contribution in [-0.2, 0) is 19.1 Å². The standard InChI is InChI=1S/C34H46O4Si2/c1-9-11-23-27-28(24-12-10-2)34(40(7,8)26-21-17-14-18-22-26)30(32(36)38-4)29(31(35)37-3)33(27,34)39(5,6)25-19-15-13-16-20-25/h13-22H,9-12,23-24H2,1-8H3. The molecule has 0 spiro atoms. The van der Waals surface area contributed by atoms with Gasteiger partial charge in [0.25, 0.3) is 0 Å². The molecule has 4 rings (SSSR count). The summed E-state index contributed by atoms with van der Waals surface area (Å²) in [6, 6.07) is 21.5. The van der Waals surface area contributed by atoms with Crippen molar-refractivity contribution < 1.29 is 19.1 Å². The smallest absolute Gasteiger partial charge is 0.334 e. The molecule has 0 saturated carbocycles. The number of carbonyl (C=O) groups is 2. The molecule has 214 valence electrons. The zero-order valence-corrected chi connectivity index (χ0v) is 27.6. The van der Waals surface area contributed by atoms with Crippen LogP contribution in [0, 0.1) is 0 Å². The van der Waals surface area contributed by atoms with Gasteiger partial charge in [-0.3, -0.25) is 0 Å². The van der Waals surface area contributed by atoms with Gasteiger partial charge in [-0.1, -0.05) is 135 Å². The van der Waals surface area contributed by atoms with Crippen molar-refractivity contribution >= 4 is 38.5 Å². The number of esters is 2. The maximum atomic E-state index is 14.0. The van der Waals surface area contributed by atoms with E-state index in [0.29, 0.717) is 11.1 Å². The van der Waals surface area contributed by atoms with E-state index >= 15 is 0 Å². The molecule has 40 heavy (non-hydrogen) atoms. The average Bonchev–Trinajstić information content (AvgIpc) is 2.96. The molecule has 2 unspecified atom stereocenters. The Bertz CT molecular complexity index is 1220. The highest BCUT2D eigenvalue weighted by molar-refractivity contribution is 7.02. The fraction of sp³-hybridized carbons (Fsp3) is 0.471. The minimum absolute atomic E-state index is 0.381. The molecule has 0 amide bonds. The Morgan fingerprint density at radius 3 is 1.23 bits per heavy atom. The molecule has 2 aromatic rings. The predicted molar refractivity (Wildman–Crippen MR) is 170 cm³/mol. The van der Waals surface area contributed by atoms with Crippen LogP contribution in [-0.4, -0.2) is 42.3 Å². The summed E-state index contributed by atoms with van der Waals surface area (Å²) in [6.07, 6.45) is 6.13. The topological polar surface area (TPSA) is 52.6 Å². The summed E-state index contributed by atoms with van der Waals surface area (Å²) < 4.78 is 11.1. The summed E-state index contributed by atoms with van der Waals surface area (Å²) in [5.74, 6) is -0.761. The summed E-state index contributed by atoms with van der Waals surface area (Å²) in [5.41, 5.74) is 3.97. The molecule has 0 fully saturated rings. The Labute approximate surface area is 242 Å². The van der Waals surface area contributed by atoms with Crippen LogP contribution in [0.5, 0.6) is 0 Å². The van der Waals surface area contributed by atoms with Crippen molar-refractivity contribution in [2.24, 2.45) is 0 Å². The van der Waals surface area contributed by atoms with Crippen LogP contribution >= 0.6 is 0 Å². The zero-order valence-electron chi connectivity index (χ0n) is 25.6. The number of carbonyl (C=O) groups excluding carboxylic acids is 2. The highest BCUT2D eigenvalue weighted by atomic mass is 28.3. The second-order valence-corrected chi connectivity index (χ2v) is 21.5. The number of ether oxygens (including phenoxy) is 2. The third-order valence-electron chi connectivity index (χ3n) is 10.0. The fourth-order valence-corrected chi connectivity index (χ4v) is 19.4. The Balaban J connectivity index is 2.23. The lowest BCUT2D eigenvalue weighted by Gasteiger charge is -2.78. The molecule has 0 bridgehead atoms. The zero-order chi connectivity index (χ0) is 29.3. The molecule has 2 aliphatic rings. The van der Waals surface area contributed by atoms with Crippen molar-refractivity contribution in [1.29, 1.82) is 0 Å². The van der Waals surface area contributed by atoms with Crippen molar-refractivity contribution in [2.45, 2.75) is 88.6 Å². The van der Waals surface area contributed by atoms with E-state index in [1.807, 2.05) is 0 Å². The van der Waals surface area contributed by atoms with Gasteiger partial charge in [-0.15, -0.1) is 0 Å². The number of fused-ring (bicyclic) bond motifs is 1. The molecule has 6 heteroatoms. The van der Waals surface area contributed by atoms with Gasteiger partial charge in [-0.2, -0.15) is 0 Å². The van der Waals surface area contributed by atoms with Crippen molar-refractivity contribution in [3.63, 3.8) is 0 Å². The number of allylic oxidation sites excluding steroid dienone is 2. The van der Waals surface area contributed by atoms with Crippen LogP contribution in [0.1, 0.15) is 52.4 Å². The Hall–Kier alpha value is -2.71. The first-order valence-electron chi connectivity index (χ1n) is 14.8. The largest absolute Gasteiger partial charge is 0.466 e. The van der Waals surface area contributed by atoms with Gasteiger partial charge in [0.15, 0.2) is 0 Å². The number of unbranched alkanes of at least 4 members (excludes halogenated alkanes) is 2. The molecule has 0 heterocycles. The Morgan fingerprint density at radius 2 is 0.950 bits per heavy atom. The normalized spacial score (nSPS) is 22.3. The number of hydrogen-bond donors (Lipinski definition) is 0. The molecule has 2 aliphatic carbocycles. The summed E-state index contributed by atoms with van der Waals surface area (Å²) >= 11 is 0. The summed E-state index contributed by atoms with van der Waals surface area (Å²) in [4.78, 5) is 27.9. The van der Waals surface area contributed by atoms with Gasteiger partial charge in [-0.05, 0) is 25.7 Å². The van der Waals surface area contributed by atoms with Gasteiger partial charge in [0.2, 0.25) is 0 Å². The minimum Gasteiger partial charge on any atom is -0.466 e. The average molecular weight is 575 g/mol. The van der Waals surface area contributed by atoms with Crippen LogP contribution in [0.15, 0.2) is 83.0 Å². The Kier molecular flexibility index (Phi) is 8.54. The lowest BCUT2D eigenvalue weighted by atomic mass is 9.48. The summed E-state index contributed by atoms with van der Waals surface area (Å²) in [7, 11) is -2.18. The fourth-order valence-electron chi connectivity index (χ4n) is 8.39. The van der Waals surface area contributed by atoms with Crippen LogP contribution in [0.25, 0.3) is 0 Å². The van der Waals surface area contributed by atoms with Crippen molar-refractivity contribution in [2.75, 3.05) is 14.2 Å². The lowest BCUT2D eigenvalue weighted by molar-refractivity contribution is -0.142. The van der Waals surface area contributed by atoms with Gasteiger partial charge in [0, 0.05) is 10.1 Å². The number of rotatable bonds is 12. The molecular weight excluding hydrogens is 529 g/mol. The molecule has 0 aromatic heterocycles. The molecule has 0 saturated heterocycles. The quantitative estimate of drug-likeness (QED) is 0.155. The van der Waals surface area contributed by atoms with Crippen molar-refractivity contribution in [1.82, 2.24) is 0 Å². The van der Waals surface area contributed by atoms with Crippen LogP contribution in [0.3, 0.4) is 0 Å². The van der Waals surface area contributed by atoms with E-state index in [4.69, 9.17) is 9.47 Å². The van der Waals surface area contributed by atoms with E-state index in [-0.39, 0.29) is 11.9 Å². The van der Waals surface area contributed by atoms with E-state index in [1.165, 1.54) is 35.7 Å². The molecule has 2 atom stereocenters.